The molecule has 0 bridgehead atoms. The van der Waals surface area contributed by atoms with Crippen LogP contribution in [0.15, 0.2) is 28.7 Å². The van der Waals surface area contributed by atoms with Crippen molar-refractivity contribution in [3.05, 3.63) is 34.3 Å². The fourth-order valence-electron chi connectivity index (χ4n) is 2.76. The predicted molar refractivity (Wildman–Crippen MR) is 69.1 cm³/mol. The second-order valence-corrected chi connectivity index (χ2v) is 6.13. The van der Waals surface area contributed by atoms with Crippen LogP contribution < -0.4 is 0 Å². The SMILES string of the molecule is CC(C)(c1ccc(Br)cc1)C1CCCC1. The molecule has 1 heteroatoms. The molecule has 0 nitrogen and oxygen atoms in total. The summed E-state index contributed by atoms with van der Waals surface area (Å²) in [7, 11) is 0. The van der Waals surface area contributed by atoms with Crippen LogP contribution in [0, 0.1) is 5.92 Å². The van der Waals surface area contributed by atoms with Gasteiger partial charge in [-0.15, -0.1) is 0 Å². The van der Waals surface area contributed by atoms with Gasteiger partial charge in [0.05, 0.1) is 0 Å². The van der Waals surface area contributed by atoms with Gasteiger partial charge in [-0.05, 0) is 41.9 Å². The van der Waals surface area contributed by atoms with E-state index >= 15 is 0 Å². The smallest absolute Gasteiger partial charge is 0.0175 e. The molecule has 0 N–H and O–H groups in total. The summed E-state index contributed by atoms with van der Waals surface area (Å²) < 4.78 is 1.17. The molecule has 1 aliphatic carbocycles. The lowest BCUT2D eigenvalue weighted by atomic mass is 9.72. The Morgan fingerprint density at radius 2 is 1.60 bits per heavy atom. The van der Waals surface area contributed by atoms with Crippen molar-refractivity contribution in [3.63, 3.8) is 0 Å². The maximum absolute atomic E-state index is 3.50. The van der Waals surface area contributed by atoms with Crippen LogP contribution in [0.2, 0.25) is 0 Å². The van der Waals surface area contributed by atoms with E-state index in [1.807, 2.05) is 0 Å². The van der Waals surface area contributed by atoms with E-state index in [0.717, 1.165) is 5.92 Å². The van der Waals surface area contributed by atoms with Gasteiger partial charge in [0.2, 0.25) is 0 Å². The van der Waals surface area contributed by atoms with Gasteiger partial charge in [-0.3, -0.25) is 0 Å². The molecule has 0 atom stereocenters. The quantitative estimate of drug-likeness (QED) is 0.713. The molecule has 0 unspecified atom stereocenters. The summed E-state index contributed by atoms with van der Waals surface area (Å²) in [5, 5.41) is 0. The lowest BCUT2D eigenvalue weighted by molar-refractivity contribution is 0.325. The van der Waals surface area contributed by atoms with E-state index in [0.29, 0.717) is 5.41 Å². The van der Waals surface area contributed by atoms with Crippen molar-refractivity contribution in [2.24, 2.45) is 5.92 Å². The molecule has 82 valence electrons. The van der Waals surface area contributed by atoms with Gasteiger partial charge in [-0.25, -0.2) is 0 Å². The molecule has 0 aliphatic heterocycles. The van der Waals surface area contributed by atoms with Gasteiger partial charge < -0.3 is 0 Å². The van der Waals surface area contributed by atoms with Crippen molar-refractivity contribution in [1.82, 2.24) is 0 Å². The molecule has 0 heterocycles. The lowest BCUT2D eigenvalue weighted by Gasteiger charge is -2.32. The highest BCUT2D eigenvalue weighted by Crippen LogP contribution is 2.41. The van der Waals surface area contributed by atoms with Crippen molar-refractivity contribution in [3.8, 4) is 0 Å². The van der Waals surface area contributed by atoms with E-state index in [1.54, 1.807) is 0 Å². The number of benzene rings is 1. The Hall–Kier alpha value is -0.300. The summed E-state index contributed by atoms with van der Waals surface area (Å²) >= 11 is 3.50. The number of rotatable bonds is 2. The van der Waals surface area contributed by atoms with Crippen LogP contribution in [0.1, 0.15) is 45.1 Å². The van der Waals surface area contributed by atoms with Crippen LogP contribution in [0.5, 0.6) is 0 Å². The van der Waals surface area contributed by atoms with Crippen molar-refractivity contribution in [2.45, 2.75) is 44.9 Å². The third kappa shape index (κ3) is 2.28. The Morgan fingerprint density at radius 1 is 1.07 bits per heavy atom. The summed E-state index contributed by atoms with van der Waals surface area (Å²) in [5.74, 6) is 0.874. The second-order valence-electron chi connectivity index (χ2n) is 5.21. The zero-order chi connectivity index (χ0) is 10.9. The Bertz CT molecular complexity index is 318. The molecule has 15 heavy (non-hydrogen) atoms. The zero-order valence-electron chi connectivity index (χ0n) is 9.59. The molecule has 1 aromatic carbocycles. The number of hydrogen-bond donors (Lipinski definition) is 0. The highest BCUT2D eigenvalue weighted by Gasteiger charge is 2.32. The van der Waals surface area contributed by atoms with Gasteiger partial charge >= 0.3 is 0 Å². The van der Waals surface area contributed by atoms with Crippen LogP contribution in [-0.2, 0) is 5.41 Å². The van der Waals surface area contributed by atoms with Crippen molar-refractivity contribution >= 4 is 15.9 Å². The van der Waals surface area contributed by atoms with Crippen molar-refractivity contribution in [1.29, 1.82) is 0 Å². The first kappa shape index (κ1) is 11.2. The van der Waals surface area contributed by atoms with Gasteiger partial charge in [0, 0.05) is 4.47 Å². The van der Waals surface area contributed by atoms with E-state index in [2.05, 4.69) is 54.0 Å². The Balaban J connectivity index is 2.23. The van der Waals surface area contributed by atoms with E-state index in [-0.39, 0.29) is 0 Å². The van der Waals surface area contributed by atoms with Crippen LogP contribution in [-0.4, -0.2) is 0 Å². The maximum Gasteiger partial charge on any atom is 0.0175 e. The molecule has 0 spiro atoms. The first-order valence-corrected chi connectivity index (χ1v) is 6.66. The topological polar surface area (TPSA) is 0 Å². The molecule has 0 amide bonds. The first-order valence-electron chi connectivity index (χ1n) is 5.87. The van der Waals surface area contributed by atoms with Crippen LogP contribution in [0.4, 0.5) is 0 Å². The summed E-state index contributed by atoms with van der Waals surface area (Å²) in [6.07, 6.45) is 5.65. The highest BCUT2D eigenvalue weighted by molar-refractivity contribution is 9.10. The molecule has 1 saturated carbocycles. The van der Waals surface area contributed by atoms with E-state index in [9.17, 15) is 0 Å². The van der Waals surface area contributed by atoms with Gasteiger partial charge in [0.15, 0.2) is 0 Å². The normalized spacial score (nSPS) is 18.3. The largest absolute Gasteiger partial charge is 0.0574 e. The molecule has 2 rings (SSSR count). The summed E-state index contributed by atoms with van der Waals surface area (Å²) in [5.41, 5.74) is 1.83. The highest BCUT2D eigenvalue weighted by atomic mass is 79.9. The Labute approximate surface area is 101 Å². The second kappa shape index (κ2) is 4.29. The van der Waals surface area contributed by atoms with Gasteiger partial charge in [-0.1, -0.05) is 54.8 Å². The van der Waals surface area contributed by atoms with Crippen molar-refractivity contribution in [2.75, 3.05) is 0 Å². The third-order valence-corrected chi connectivity index (χ3v) is 4.49. The standard InChI is InChI=1S/C14H19Br/c1-14(2,11-5-3-4-6-11)12-7-9-13(15)10-8-12/h7-11H,3-6H2,1-2H3. The predicted octanol–water partition coefficient (Wildman–Crippen LogP) is 4.92. The minimum absolute atomic E-state index is 0.344. The lowest BCUT2D eigenvalue weighted by Crippen LogP contribution is -2.26. The molecular formula is C14H19Br. The van der Waals surface area contributed by atoms with Crippen LogP contribution in [0.25, 0.3) is 0 Å². The van der Waals surface area contributed by atoms with Crippen LogP contribution >= 0.6 is 15.9 Å². The van der Waals surface area contributed by atoms with E-state index in [4.69, 9.17) is 0 Å². The van der Waals surface area contributed by atoms with Gasteiger partial charge in [0.1, 0.15) is 0 Å². The Kier molecular flexibility index (Phi) is 3.20. The average Bonchev–Trinajstić information content (AvgIpc) is 2.71. The molecule has 1 aromatic rings. The molecule has 0 radical (unpaired) electrons. The Morgan fingerprint density at radius 3 is 2.13 bits per heavy atom. The summed E-state index contributed by atoms with van der Waals surface area (Å²) in [4.78, 5) is 0. The molecule has 1 aliphatic rings. The fourth-order valence-corrected chi connectivity index (χ4v) is 3.03. The fraction of sp³-hybridized carbons (Fsp3) is 0.571. The van der Waals surface area contributed by atoms with E-state index < -0.39 is 0 Å². The number of halogens is 1. The van der Waals surface area contributed by atoms with Crippen LogP contribution in [0.3, 0.4) is 0 Å². The minimum Gasteiger partial charge on any atom is -0.0574 e. The summed E-state index contributed by atoms with van der Waals surface area (Å²) in [6, 6.07) is 8.85. The number of hydrogen-bond acceptors (Lipinski definition) is 0. The monoisotopic (exact) mass is 266 g/mol. The minimum atomic E-state index is 0.344. The van der Waals surface area contributed by atoms with E-state index in [1.165, 1.54) is 35.7 Å². The third-order valence-electron chi connectivity index (χ3n) is 3.96. The van der Waals surface area contributed by atoms with Crippen molar-refractivity contribution < 1.29 is 0 Å². The molecule has 1 fully saturated rings. The summed E-state index contributed by atoms with van der Waals surface area (Å²) in [6.45, 7) is 4.79. The average molecular weight is 267 g/mol. The molecular weight excluding hydrogens is 248 g/mol. The molecule has 0 aromatic heterocycles. The maximum atomic E-state index is 3.50. The van der Waals surface area contributed by atoms with Gasteiger partial charge in [0.25, 0.3) is 0 Å². The zero-order valence-corrected chi connectivity index (χ0v) is 11.2. The van der Waals surface area contributed by atoms with Gasteiger partial charge in [-0.2, -0.15) is 0 Å². The first-order chi connectivity index (χ1) is 7.10. The molecule has 0 saturated heterocycles.